The maximum absolute atomic E-state index is 12.3. The normalized spacial score (nSPS) is 24.1. The molecule has 1 aliphatic rings. The molecule has 1 aliphatic heterocycles. The van der Waals surface area contributed by atoms with Gasteiger partial charge in [0.2, 0.25) is 0 Å². The lowest BCUT2D eigenvalue weighted by atomic mass is 10.1. The fourth-order valence-electron chi connectivity index (χ4n) is 3.58. The fraction of sp³-hybridized carbons (Fsp3) is 0.400. The molecule has 34 heavy (non-hydrogen) atoms. The predicted molar refractivity (Wildman–Crippen MR) is 118 cm³/mol. The molecule has 4 rings (SSSR count). The highest BCUT2D eigenvalue weighted by atomic mass is 31.2. The molecule has 4 N–H and O–H groups in total. The SMILES string of the molecule is CCNC(=O)Nc1ncnc2c1ncn2[C@@H]1O[C@H](COP(=O)([O-])Cc2ccccc2)C(O)[C@@H]1O. The first-order chi connectivity index (χ1) is 16.3. The Morgan fingerprint density at radius 2 is 2.00 bits per heavy atom. The van der Waals surface area contributed by atoms with Crippen molar-refractivity contribution in [2.24, 2.45) is 0 Å². The number of aromatic nitrogens is 4. The summed E-state index contributed by atoms with van der Waals surface area (Å²) >= 11 is 0. The van der Waals surface area contributed by atoms with Crippen LogP contribution in [0.25, 0.3) is 11.2 Å². The van der Waals surface area contributed by atoms with Gasteiger partial charge in [0, 0.05) is 12.7 Å². The third kappa shape index (κ3) is 5.25. The zero-order valence-electron chi connectivity index (χ0n) is 18.1. The van der Waals surface area contributed by atoms with Gasteiger partial charge in [-0.15, -0.1) is 0 Å². The van der Waals surface area contributed by atoms with Crippen molar-refractivity contribution in [3.8, 4) is 0 Å². The van der Waals surface area contributed by atoms with Crippen molar-refractivity contribution < 1.29 is 33.7 Å². The molecule has 1 aromatic carbocycles. The van der Waals surface area contributed by atoms with E-state index in [-0.39, 0.29) is 23.1 Å². The second-order valence-corrected chi connectivity index (χ2v) is 9.42. The minimum absolute atomic E-state index is 0.149. The third-order valence-corrected chi connectivity index (χ3v) is 6.49. The van der Waals surface area contributed by atoms with Gasteiger partial charge in [-0.05, 0) is 12.5 Å². The second kappa shape index (κ2) is 10.1. The van der Waals surface area contributed by atoms with E-state index in [1.165, 1.54) is 17.2 Å². The van der Waals surface area contributed by atoms with Crippen molar-refractivity contribution in [1.29, 1.82) is 0 Å². The first-order valence-electron chi connectivity index (χ1n) is 10.5. The summed E-state index contributed by atoms with van der Waals surface area (Å²) in [6, 6.07) is 8.06. The van der Waals surface area contributed by atoms with E-state index in [0.29, 0.717) is 12.1 Å². The Morgan fingerprint density at radius 1 is 1.24 bits per heavy atom. The summed E-state index contributed by atoms with van der Waals surface area (Å²) in [4.78, 5) is 36.5. The summed E-state index contributed by atoms with van der Waals surface area (Å²) in [7, 11) is -4.27. The molecule has 5 atom stereocenters. The first-order valence-corrected chi connectivity index (χ1v) is 12.2. The first kappa shape index (κ1) is 24.2. The Balaban J connectivity index is 1.46. The molecule has 3 heterocycles. The molecule has 1 saturated heterocycles. The maximum Gasteiger partial charge on any atom is 0.320 e. The molecular weight excluding hydrogens is 467 g/mol. The number of carbonyl (C=O) groups excluding carboxylic acids is 1. The minimum Gasteiger partial charge on any atom is -0.778 e. The molecule has 2 aromatic heterocycles. The molecule has 2 amide bonds. The molecular formula is C20H24N6O7P-. The summed E-state index contributed by atoms with van der Waals surface area (Å²) in [5.41, 5.74) is 1.04. The molecule has 0 bridgehead atoms. The van der Waals surface area contributed by atoms with Crippen LogP contribution in [0.1, 0.15) is 18.7 Å². The van der Waals surface area contributed by atoms with Gasteiger partial charge >= 0.3 is 6.03 Å². The Morgan fingerprint density at radius 3 is 2.74 bits per heavy atom. The standard InChI is InChI=1S/C20H25N6O7P/c1-2-21-20(29)25-17-14-18(23-10-22-17)26(11-24-14)19-16(28)15(27)13(33-19)8-32-34(30,31)9-12-6-4-3-5-7-12/h3-7,10-11,13,15-16,19,27-28H,2,8-9H2,1H3,(H,30,31)(H2,21,22,23,25,29)/p-1/t13-,15?,16+,19-/m1/s1. The topological polar surface area (TPSA) is 184 Å². The number of nitrogens with one attached hydrogen (secondary N) is 2. The van der Waals surface area contributed by atoms with Gasteiger partial charge in [-0.1, -0.05) is 30.3 Å². The van der Waals surface area contributed by atoms with E-state index in [1.807, 2.05) is 0 Å². The summed E-state index contributed by atoms with van der Waals surface area (Å²) < 4.78 is 24.5. The van der Waals surface area contributed by atoms with E-state index in [0.717, 1.165) is 0 Å². The van der Waals surface area contributed by atoms with Crippen LogP contribution in [0.15, 0.2) is 43.0 Å². The van der Waals surface area contributed by atoms with Gasteiger partial charge in [0.15, 0.2) is 23.2 Å². The molecule has 0 aliphatic carbocycles. The number of aliphatic hydroxyl groups excluding tert-OH is 2. The van der Waals surface area contributed by atoms with Crippen molar-refractivity contribution in [3.05, 3.63) is 48.5 Å². The van der Waals surface area contributed by atoms with Crippen molar-refractivity contribution in [2.75, 3.05) is 18.5 Å². The van der Waals surface area contributed by atoms with Crippen LogP contribution in [-0.4, -0.2) is 67.2 Å². The molecule has 0 saturated carbocycles. The Hall–Kier alpha value is -2.93. The third-order valence-electron chi connectivity index (χ3n) is 5.19. The largest absolute Gasteiger partial charge is 0.778 e. The van der Waals surface area contributed by atoms with Crippen LogP contribution < -0.4 is 15.5 Å². The summed E-state index contributed by atoms with van der Waals surface area (Å²) in [5, 5.41) is 26.1. The number of amides is 2. The quantitative estimate of drug-likeness (QED) is 0.321. The lowest BCUT2D eigenvalue weighted by Gasteiger charge is -2.25. The summed E-state index contributed by atoms with van der Waals surface area (Å²) in [5.74, 6) is 0.149. The summed E-state index contributed by atoms with van der Waals surface area (Å²) in [6.07, 6.45) is -2.87. The van der Waals surface area contributed by atoms with Crippen LogP contribution in [-0.2, 0) is 20.0 Å². The number of hydrogen-bond acceptors (Lipinski definition) is 10. The number of imidazole rings is 1. The van der Waals surface area contributed by atoms with E-state index in [1.54, 1.807) is 37.3 Å². The van der Waals surface area contributed by atoms with Gasteiger partial charge in [-0.2, -0.15) is 0 Å². The summed E-state index contributed by atoms with van der Waals surface area (Å²) in [6.45, 7) is 1.70. The van der Waals surface area contributed by atoms with Gasteiger partial charge in [0.05, 0.1) is 12.9 Å². The van der Waals surface area contributed by atoms with Crippen molar-refractivity contribution in [3.63, 3.8) is 0 Å². The zero-order valence-corrected chi connectivity index (χ0v) is 19.0. The van der Waals surface area contributed by atoms with Gasteiger partial charge in [0.1, 0.15) is 32.2 Å². The Bertz CT molecular complexity index is 1190. The van der Waals surface area contributed by atoms with Gasteiger partial charge < -0.3 is 34.2 Å². The van der Waals surface area contributed by atoms with E-state index in [4.69, 9.17) is 9.26 Å². The molecule has 2 unspecified atom stereocenters. The van der Waals surface area contributed by atoms with Crippen LogP contribution in [0.3, 0.4) is 0 Å². The number of anilines is 1. The maximum atomic E-state index is 12.3. The number of benzene rings is 1. The highest BCUT2D eigenvalue weighted by Crippen LogP contribution is 2.42. The highest BCUT2D eigenvalue weighted by Gasteiger charge is 2.44. The van der Waals surface area contributed by atoms with E-state index < -0.39 is 44.8 Å². The number of nitrogens with zero attached hydrogens (tertiary/aromatic N) is 4. The number of carbonyl (C=O) groups is 1. The van der Waals surface area contributed by atoms with Crippen LogP contribution in [0.4, 0.5) is 10.6 Å². The smallest absolute Gasteiger partial charge is 0.320 e. The van der Waals surface area contributed by atoms with E-state index in [2.05, 4.69) is 25.6 Å². The van der Waals surface area contributed by atoms with Gasteiger partial charge in [-0.3, -0.25) is 9.88 Å². The molecule has 182 valence electrons. The average molecular weight is 491 g/mol. The Kier molecular flexibility index (Phi) is 7.22. The van der Waals surface area contributed by atoms with Crippen LogP contribution in [0.2, 0.25) is 0 Å². The molecule has 13 nitrogen and oxygen atoms in total. The van der Waals surface area contributed by atoms with Crippen molar-refractivity contribution in [1.82, 2.24) is 24.8 Å². The number of hydrogen-bond donors (Lipinski definition) is 4. The molecule has 14 heteroatoms. The predicted octanol–water partition coefficient (Wildman–Crippen LogP) is 0.357. The molecule has 0 spiro atoms. The van der Waals surface area contributed by atoms with E-state index in [9.17, 15) is 24.5 Å². The van der Waals surface area contributed by atoms with Gasteiger partial charge in [0.25, 0.3) is 0 Å². The minimum atomic E-state index is -4.27. The van der Waals surface area contributed by atoms with Crippen LogP contribution >= 0.6 is 7.60 Å². The number of aliphatic hydroxyl groups is 2. The number of urea groups is 1. The zero-order chi connectivity index (χ0) is 24.3. The Labute approximate surface area is 194 Å². The van der Waals surface area contributed by atoms with Crippen molar-refractivity contribution in [2.45, 2.75) is 37.6 Å². The lowest BCUT2D eigenvalue weighted by molar-refractivity contribution is -0.202. The fourth-order valence-corrected chi connectivity index (χ4v) is 4.70. The average Bonchev–Trinajstić information content (AvgIpc) is 3.35. The van der Waals surface area contributed by atoms with Crippen LogP contribution in [0.5, 0.6) is 0 Å². The second-order valence-electron chi connectivity index (χ2n) is 7.63. The van der Waals surface area contributed by atoms with Gasteiger partial charge in [-0.25, -0.2) is 19.7 Å². The highest BCUT2D eigenvalue weighted by molar-refractivity contribution is 7.50. The molecule has 1 fully saturated rings. The molecule has 0 radical (unpaired) electrons. The molecule has 3 aromatic rings. The number of fused-ring (bicyclic) bond motifs is 1. The van der Waals surface area contributed by atoms with Crippen LogP contribution in [0, 0.1) is 0 Å². The monoisotopic (exact) mass is 491 g/mol. The lowest BCUT2D eigenvalue weighted by Crippen LogP contribution is -2.34. The number of rotatable bonds is 8. The van der Waals surface area contributed by atoms with Crippen molar-refractivity contribution >= 4 is 30.6 Å². The van der Waals surface area contributed by atoms with E-state index >= 15 is 0 Å². The number of ether oxygens (including phenoxy) is 1.